The Morgan fingerprint density at radius 1 is 1.04 bits per heavy atom. The second-order valence-corrected chi connectivity index (χ2v) is 5.53. The van der Waals surface area contributed by atoms with Crippen molar-refractivity contribution in [2.45, 2.75) is 0 Å². The normalized spacial score (nSPS) is 10.4. The van der Waals surface area contributed by atoms with Crippen LogP contribution in [0.3, 0.4) is 0 Å². The first kappa shape index (κ1) is 15.6. The summed E-state index contributed by atoms with van der Waals surface area (Å²) in [5.74, 6) is 0.297. The SMILES string of the molecule is CN(C)C(=O)c1ccc(-c2cc(-c3cccnc3)cnc2N)nc1. The quantitative estimate of drug-likeness (QED) is 0.801. The number of carbonyl (C=O) groups is 1. The number of nitrogen functional groups attached to an aromatic ring is 1. The lowest BCUT2D eigenvalue weighted by molar-refractivity contribution is 0.0827. The number of pyridine rings is 3. The molecule has 0 saturated heterocycles. The Hall–Kier alpha value is -3.28. The third kappa shape index (κ3) is 3.08. The van der Waals surface area contributed by atoms with Crippen LogP contribution in [0.25, 0.3) is 22.4 Å². The van der Waals surface area contributed by atoms with Crippen molar-refractivity contribution in [3.63, 3.8) is 0 Å². The van der Waals surface area contributed by atoms with Crippen molar-refractivity contribution in [3.8, 4) is 22.4 Å². The Labute approximate surface area is 140 Å². The lowest BCUT2D eigenvalue weighted by atomic mass is 10.0. The molecule has 0 radical (unpaired) electrons. The van der Waals surface area contributed by atoms with E-state index < -0.39 is 0 Å². The Balaban J connectivity index is 1.99. The Morgan fingerprint density at radius 3 is 2.50 bits per heavy atom. The van der Waals surface area contributed by atoms with Gasteiger partial charge in [0.15, 0.2) is 0 Å². The van der Waals surface area contributed by atoms with Crippen LogP contribution in [0.2, 0.25) is 0 Å². The number of carbonyl (C=O) groups excluding carboxylic acids is 1. The molecule has 0 spiro atoms. The standard InChI is InChI=1S/C18H17N5O/c1-23(2)18(24)13-5-6-16(21-10-13)15-8-14(11-22-17(15)19)12-4-3-7-20-9-12/h3-11H,1-2H3,(H2,19,22). The van der Waals surface area contributed by atoms with Gasteiger partial charge in [0.25, 0.3) is 5.91 Å². The van der Waals surface area contributed by atoms with Gasteiger partial charge in [-0.2, -0.15) is 0 Å². The van der Waals surface area contributed by atoms with Crippen molar-refractivity contribution >= 4 is 11.7 Å². The molecule has 6 nitrogen and oxygen atoms in total. The highest BCUT2D eigenvalue weighted by molar-refractivity contribution is 5.94. The summed E-state index contributed by atoms with van der Waals surface area (Å²) in [6, 6.07) is 9.26. The molecule has 3 aromatic heterocycles. The molecule has 3 heterocycles. The molecule has 0 aliphatic heterocycles. The van der Waals surface area contributed by atoms with Gasteiger partial charge < -0.3 is 10.6 Å². The molecule has 2 N–H and O–H groups in total. The van der Waals surface area contributed by atoms with Gasteiger partial charge in [-0.05, 0) is 24.3 Å². The van der Waals surface area contributed by atoms with Gasteiger partial charge in [-0.15, -0.1) is 0 Å². The smallest absolute Gasteiger partial charge is 0.254 e. The number of aromatic nitrogens is 3. The summed E-state index contributed by atoms with van der Waals surface area (Å²) in [4.78, 5) is 26.2. The van der Waals surface area contributed by atoms with Crippen LogP contribution in [0.15, 0.2) is 55.1 Å². The van der Waals surface area contributed by atoms with Crippen LogP contribution in [-0.4, -0.2) is 39.9 Å². The molecular weight excluding hydrogens is 302 g/mol. The molecule has 0 fully saturated rings. The summed E-state index contributed by atoms with van der Waals surface area (Å²) in [7, 11) is 3.41. The van der Waals surface area contributed by atoms with Crippen LogP contribution in [0, 0.1) is 0 Å². The van der Waals surface area contributed by atoms with Crippen molar-refractivity contribution in [1.29, 1.82) is 0 Å². The Bertz CT molecular complexity index is 860. The van der Waals surface area contributed by atoms with Gasteiger partial charge in [0.1, 0.15) is 5.82 Å². The van der Waals surface area contributed by atoms with E-state index in [0.29, 0.717) is 17.1 Å². The van der Waals surface area contributed by atoms with Gasteiger partial charge in [0.05, 0.1) is 11.3 Å². The van der Waals surface area contributed by atoms with Gasteiger partial charge in [-0.3, -0.25) is 14.8 Å². The zero-order valence-electron chi connectivity index (χ0n) is 13.5. The third-order valence-corrected chi connectivity index (χ3v) is 3.61. The molecule has 1 amide bonds. The zero-order chi connectivity index (χ0) is 17.1. The van der Waals surface area contributed by atoms with Gasteiger partial charge in [-0.25, -0.2) is 4.98 Å². The van der Waals surface area contributed by atoms with Crippen molar-refractivity contribution in [3.05, 3.63) is 60.7 Å². The number of amides is 1. The highest BCUT2D eigenvalue weighted by atomic mass is 16.2. The number of hydrogen-bond acceptors (Lipinski definition) is 5. The van der Waals surface area contributed by atoms with E-state index in [-0.39, 0.29) is 5.91 Å². The monoisotopic (exact) mass is 319 g/mol. The maximum Gasteiger partial charge on any atom is 0.254 e. The molecule has 3 rings (SSSR count). The van der Waals surface area contributed by atoms with E-state index in [1.54, 1.807) is 51.0 Å². The van der Waals surface area contributed by atoms with Crippen LogP contribution in [-0.2, 0) is 0 Å². The van der Waals surface area contributed by atoms with Gasteiger partial charge >= 0.3 is 0 Å². The first-order valence-electron chi connectivity index (χ1n) is 7.40. The molecule has 0 aliphatic rings. The summed E-state index contributed by atoms with van der Waals surface area (Å²) in [5, 5.41) is 0. The molecular formula is C18H17N5O. The fourth-order valence-corrected chi connectivity index (χ4v) is 2.31. The van der Waals surface area contributed by atoms with Gasteiger partial charge in [0.2, 0.25) is 0 Å². The summed E-state index contributed by atoms with van der Waals surface area (Å²) in [6.07, 6.45) is 6.74. The van der Waals surface area contributed by atoms with Crippen molar-refractivity contribution in [2.75, 3.05) is 19.8 Å². The van der Waals surface area contributed by atoms with Crippen LogP contribution >= 0.6 is 0 Å². The predicted molar refractivity (Wildman–Crippen MR) is 93.1 cm³/mol. The molecule has 0 aliphatic carbocycles. The fourth-order valence-electron chi connectivity index (χ4n) is 2.31. The predicted octanol–water partition coefficient (Wildman–Crippen LogP) is 2.49. The van der Waals surface area contributed by atoms with E-state index in [1.807, 2.05) is 18.2 Å². The summed E-state index contributed by atoms with van der Waals surface area (Å²) >= 11 is 0. The minimum Gasteiger partial charge on any atom is -0.383 e. The number of rotatable bonds is 3. The van der Waals surface area contributed by atoms with Crippen molar-refractivity contribution in [1.82, 2.24) is 19.9 Å². The number of nitrogens with zero attached hydrogens (tertiary/aromatic N) is 4. The van der Waals surface area contributed by atoms with Crippen molar-refractivity contribution < 1.29 is 4.79 Å². The lowest BCUT2D eigenvalue weighted by Gasteiger charge is -2.11. The van der Waals surface area contributed by atoms with E-state index in [1.165, 1.54) is 4.90 Å². The zero-order valence-corrected chi connectivity index (χ0v) is 13.5. The van der Waals surface area contributed by atoms with E-state index in [4.69, 9.17) is 5.73 Å². The van der Waals surface area contributed by atoms with Crippen LogP contribution in [0.1, 0.15) is 10.4 Å². The molecule has 0 aromatic carbocycles. The fraction of sp³-hybridized carbons (Fsp3) is 0.111. The second kappa shape index (κ2) is 6.45. The summed E-state index contributed by atoms with van der Waals surface area (Å²) < 4.78 is 0. The molecule has 3 aromatic rings. The first-order chi connectivity index (χ1) is 11.6. The van der Waals surface area contributed by atoms with E-state index in [9.17, 15) is 4.79 Å². The number of nitrogens with two attached hydrogens (primary N) is 1. The topological polar surface area (TPSA) is 85.0 Å². The second-order valence-electron chi connectivity index (χ2n) is 5.53. The van der Waals surface area contributed by atoms with Crippen LogP contribution < -0.4 is 5.73 Å². The van der Waals surface area contributed by atoms with E-state index in [2.05, 4.69) is 15.0 Å². The highest BCUT2D eigenvalue weighted by Gasteiger charge is 2.11. The maximum atomic E-state index is 11.9. The minimum absolute atomic E-state index is 0.0933. The Morgan fingerprint density at radius 2 is 1.88 bits per heavy atom. The lowest BCUT2D eigenvalue weighted by Crippen LogP contribution is -2.21. The average Bonchev–Trinajstić information content (AvgIpc) is 2.62. The molecule has 0 saturated carbocycles. The van der Waals surface area contributed by atoms with Crippen LogP contribution in [0.4, 0.5) is 5.82 Å². The molecule has 0 unspecified atom stereocenters. The summed E-state index contributed by atoms with van der Waals surface area (Å²) in [6.45, 7) is 0. The molecule has 0 atom stereocenters. The number of hydrogen-bond donors (Lipinski definition) is 1. The first-order valence-corrected chi connectivity index (χ1v) is 7.40. The minimum atomic E-state index is -0.0933. The van der Waals surface area contributed by atoms with Gasteiger partial charge in [-0.1, -0.05) is 6.07 Å². The average molecular weight is 319 g/mol. The molecule has 24 heavy (non-hydrogen) atoms. The largest absolute Gasteiger partial charge is 0.383 e. The van der Waals surface area contributed by atoms with Crippen molar-refractivity contribution in [2.24, 2.45) is 0 Å². The molecule has 120 valence electrons. The highest BCUT2D eigenvalue weighted by Crippen LogP contribution is 2.28. The Kier molecular flexibility index (Phi) is 4.20. The van der Waals surface area contributed by atoms with Gasteiger partial charge in [0, 0.05) is 55.6 Å². The van der Waals surface area contributed by atoms with Crippen LogP contribution in [0.5, 0.6) is 0 Å². The summed E-state index contributed by atoms with van der Waals surface area (Å²) in [5.41, 5.74) is 9.78. The maximum absolute atomic E-state index is 11.9. The van der Waals surface area contributed by atoms with E-state index in [0.717, 1.165) is 16.7 Å². The van der Waals surface area contributed by atoms with E-state index >= 15 is 0 Å². The molecule has 6 heteroatoms. The third-order valence-electron chi connectivity index (χ3n) is 3.61. The molecule has 0 bridgehead atoms. The number of anilines is 1.